The molecule has 4 aromatic rings. The van der Waals surface area contributed by atoms with Gasteiger partial charge in [0.25, 0.3) is 5.89 Å². The molecule has 0 amide bonds. The smallest absolute Gasteiger partial charge is 0.258 e. The maximum Gasteiger partial charge on any atom is 0.258 e. The molecule has 0 aliphatic rings. The molecule has 8 nitrogen and oxygen atoms in total. The zero-order chi connectivity index (χ0) is 16.0. The van der Waals surface area contributed by atoms with Crippen LogP contribution >= 0.6 is 0 Å². The Morgan fingerprint density at radius 3 is 2.83 bits per heavy atom. The van der Waals surface area contributed by atoms with Crippen LogP contribution in [0.4, 0.5) is 0 Å². The molecule has 0 saturated carbocycles. The first-order valence-electron chi connectivity index (χ1n) is 7.23. The van der Waals surface area contributed by atoms with Gasteiger partial charge in [-0.15, -0.1) is 5.10 Å². The van der Waals surface area contributed by atoms with Crippen LogP contribution in [-0.4, -0.2) is 30.1 Å². The van der Waals surface area contributed by atoms with Gasteiger partial charge in [-0.05, 0) is 39.0 Å². The number of rotatable bonds is 3. The predicted molar refractivity (Wildman–Crippen MR) is 81.4 cm³/mol. The first-order chi connectivity index (χ1) is 11.1. The van der Waals surface area contributed by atoms with Gasteiger partial charge < -0.3 is 8.94 Å². The zero-order valence-corrected chi connectivity index (χ0v) is 12.9. The molecule has 0 aliphatic heterocycles. The van der Waals surface area contributed by atoms with Gasteiger partial charge in [-0.1, -0.05) is 10.4 Å². The predicted octanol–water partition coefficient (Wildman–Crippen LogP) is 3.03. The summed E-state index contributed by atoms with van der Waals surface area (Å²) >= 11 is 0. The second-order valence-electron chi connectivity index (χ2n) is 5.52. The van der Waals surface area contributed by atoms with Crippen molar-refractivity contribution in [2.75, 3.05) is 0 Å². The molecule has 4 rings (SSSR count). The molecule has 1 aromatic carbocycles. The van der Waals surface area contributed by atoms with Gasteiger partial charge in [-0.2, -0.15) is 4.98 Å². The molecular weight excluding hydrogens is 296 g/mol. The number of hydrogen-bond acceptors (Lipinski definition) is 7. The Hall–Kier alpha value is -3.03. The number of benzene rings is 1. The van der Waals surface area contributed by atoms with Crippen molar-refractivity contribution in [2.45, 2.75) is 26.8 Å². The van der Waals surface area contributed by atoms with E-state index in [4.69, 9.17) is 8.94 Å². The van der Waals surface area contributed by atoms with Gasteiger partial charge in [0.2, 0.25) is 5.82 Å². The lowest BCUT2D eigenvalue weighted by molar-refractivity contribution is 0.429. The van der Waals surface area contributed by atoms with Crippen LogP contribution in [0.2, 0.25) is 0 Å². The molecule has 0 bridgehead atoms. The van der Waals surface area contributed by atoms with Crippen molar-refractivity contribution in [3.63, 3.8) is 0 Å². The third-order valence-electron chi connectivity index (χ3n) is 3.58. The Morgan fingerprint density at radius 2 is 2.09 bits per heavy atom. The first kappa shape index (κ1) is 13.6. The lowest BCUT2D eigenvalue weighted by Gasteiger charge is -2.04. The van der Waals surface area contributed by atoms with Gasteiger partial charge >= 0.3 is 0 Å². The highest BCUT2D eigenvalue weighted by atomic mass is 16.5. The fourth-order valence-electron chi connectivity index (χ4n) is 2.41. The van der Waals surface area contributed by atoms with E-state index in [1.165, 1.54) is 6.39 Å². The number of aryl methyl sites for hydroxylation is 1. The van der Waals surface area contributed by atoms with E-state index < -0.39 is 0 Å². The van der Waals surface area contributed by atoms with Crippen LogP contribution in [0, 0.1) is 6.92 Å². The number of hydrogen-bond donors (Lipinski definition) is 0. The molecule has 0 unspecified atom stereocenters. The first-order valence-corrected chi connectivity index (χ1v) is 7.23. The zero-order valence-electron chi connectivity index (χ0n) is 12.9. The molecule has 0 fully saturated rings. The highest BCUT2D eigenvalue weighted by molar-refractivity contribution is 5.79. The van der Waals surface area contributed by atoms with Gasteiger partial charge in [0.05, 0.1) is 11.2 Å². The number of aromatic nitrogens is 6. The maximum atomic E-state index is 5.33. The van der Waals surface area contributed by atoms with Gasteiger partial charge in [0.15, 0.2) is 12.2 Å². The highest BCUT2D eigenvalue weighted by Crippen LogP contribution is 2.26. The summed E-state index contributed by atoms with van der Waals surface area (Å²) in [6.07, 6.45) is 1.36. The fourth-order valence-corrected chi connectivity index (χ4v) is 2.41. The van der Waals surface area contributed by atoms with E-state index in [0.29, 0.717) is 23.2 Å². The molecule has 3 aromatic heterocycles. The molecule has 0 radical (unpaired) electrons. The topological polar surface area (TPSA) is 95.7 Å². The van der Waals surface area contributed by atoms with Crippen LogP contribution in [-0.2, 0) is 0 Å². The Morgan fingerprint density at radius 1 is 1.22 bits per heavy atom. The largest absolute Gasteiger partial charge is 0.440 e. The summed E-state index contributed by atoms with van der Waals surface area (Å²) in [4.78, 5) is 8.39. The lowest BCUT2D eigenvalue weighted by Crippen LogP contribution is -2.02. The SMILES string of the molecule is Cc1ncoc1-c1noc(-c2ccc3c(c2)nnn3C(C)C)n1. The third-order valence-corrected chi connectivity index (χ3v) is 3.58. The van der Waals surface area contributed by atoms with Crippen LogP contribution in [0.1, 0.15) is 25.6 Å². The van der Waals surface area contributed by atoms with Gasteiger partial charge in [-0.25, -0.2) is 9.67 Å². The molecule has 0 aliphatic carbocycles. The van der Waals surface area contributed by atoms with Crippen molar-refractivity contribution in [1.82, 2.24) is 30.1 Å². The third kappa shape index (κ3) is 2.19. The van der Waals surface area contributed by atoms with Crippen LogP contribution in [0.5, 0.6) is 0 Å². The van der Waals surface area contributed by atoms with Crippen LogP contribution in [0.3, 0.4) is 0 Å². The number of fused-ring (bicyclic) bond motifs is 1. The average Bonchev–Trinajstić information content (AvgIpc) is 3.24. The molecule has 0 atom stereocenters. The minimum absolute atomic E-state index is 0.246. The van der Waals surface area contributed by atoms with Crippen LogP contribution < -0.4 is 0 Å². The van der Waals surface area contributed by atoms with Crippen LogP contribution in [0.15, 0.2) is 33.5 Å². The van der Waals surface area contributed by atoms with Gasteiger partial charge in [-0.3, -0.25) is 0 Å². The lowest BCUT2D eigenvalue weighted by atomic mass is 10.2. The van der Waals surface area contributed by atoms with Crippen molar-refractivity contribution in [1.29, 1.82) is 0 Å². The summed E-state index contributed by atoms with van der Waals surface area (Å²) in [5.74, 6) is 1.28. The minimum Gasteiger partial charge on any atom is -0.440 e. The molecule has 8 heteroatoms. The summed E-state index contributed by atoms with van der Waals surface area (Å²) in [5, 5.41) is 12.3. The molecule has 3 heterocycles. The second kappa shape index (κ2) is 5.01. The molecule has 116 valence electrons. The van der Waals surface area contributed by atoms with E-state index in [1.807, 2.05) is 29.8 Å². The summed E-state index contributed by atoms with van der Waals surface area (Å²) in [5.41, 5.74) is 3.25. The summed E-state index contributed by atoms with van der Waals surface area (Å²) in [6.45, 7) is 5.95. The minimum atomic E-state index is 0.246. The van der Waals surface area contributed by atoms with Crippen molar-refractivity contribution in [3.8, 4) is 23.0 Å². The highest BCUT2D eigenvalue weighted by Gasteiger charge is 2.17. The number of oxazole rings is 1. The maximum absolute atomic E-state index is 5.33. The quantitative estimate of drug-likeness (QED) is 0.573. The monoisotopic (exact) mass is 310 g/mol. The molecule has 0 N–H and O–H groups in total. The normalized spacial score (nSPS) is 11.7. The van der Waals surface area contributed by atoms with E-state index in [-0.39, 0.29) is 6.04 Å². The standard InChI is InChI=1S/C15H14N6O2/c1-8(2)21-12-5-4-10(6-11(12)18-20-21)15-17-14(19-23-15)13-9(3)16-7-22-13/h4-8H,1-3H3. The molecule has 0 saturated heterocycles. The fraction of sp³-hybridized carbons (Fsp3) is 0.267. The van der Waals surface area contributed by atoms with E-state index in [1.54, 1.807) is 0 Å². The van der Waals surface area contributed by atoms with E-state index in [9.17, 15) is 0 Å². The number of nitrogens with zero attached hydrogens (tertiary/aromatic N) is 6. The second-order valence-corrected chi connectivity index (χ2v) is 5.52. The summed E-state index contributed by atoms with van der Waals surface area (Å²) < 4.78 is 12.5. The molecule has 0 spiro atoms. The Kier molecular flexibility index (Phi) is 2.97. The van der Waals surface area contributed by atoms with E-state index in [0.717, 1.165) is 16.6 Å². The van der Waals surface area contributed by atoms with Crippen molar-refractivity contribution in [3.05, 3.63) is 30.3 Å². The summed E-state index contributed by atoms with van der Waals surface area (Å²) in [6, 6.07) is 5.99. The van der Waals surface area contributed by atoms with Gasteiger partial charge in [0, 0.05) is 11.6 Å². The Bertz CT molecular complexity index is 981. The van der Waals surface area contributed by atoms with Gasteiger partial charge in [0.1, 0.15) is 5.52 Å². The van der Waals surface area contributed by atoms with Crippen molar-refractivity contribution >= 4 is 11.0 Å². The van der Waals surface area contributed by atoms with E-state index in [2.05, 4.69) is 39.3 Å². The molecule has 23 heavy (non-hydrogen) atoms. The Balaban J connectivity index is 1.75. The molecular formula is C15H14N6O2. The average molecular weight is 310 g/mol. The van der Waals surface area contributed by atoms with Crippen LogP contribution in [0.25, 0.3) is 34.1 Å². The van der Waals surface area contributed by atoms with E-state index >= 15 is 0 Å². The van der Waals surface area contributed by atoms with Crippen molar-refractivity contribution < 1.29 is 8.94 Å². The summed E-state index contributed by atoms with van der Waals surface area (Å²) in [7, 11) is 0. The van der Waals surface area contributed by atoms with Crippen molar-refractivity contribution in [2.24, 2.45) is 0 Å². The Labute approximate surface area is 131 Å².